The first kappa shape index (κ1) is 13.6. The molecule has 0 aliphatic heterocycles. The van der Waals surface area contributed by atoms with Gasteiger partial charge < -0.3 is 8.98 Å². The fraction of sp³-hybridized carbons (Fsp3) is 0.294. The van der Waals surface area contributed by atoms with E-state index in [-0.39, 0.29) is 5.56 Å². The molecule has 0 aliphatic carbocycles. The van der Waals surface area contributed by atoms with E-state index in [4.69, 9.17) is 4.42 Å². The topological polar surface area (TPSA) is 48.0 Å². The minimum atomic E-state index is 0.0285. The monoisotopic (exact) mass is 282 g/mol. The van der Waals surface area contributed by atoms with Crippen molar-refractivity contribution in [3.05, 3.63) is 63.9 Å². The van der Waals surface area contributed by atoms with Gasteiger partial charge in [-0.1, -0.05) is 25.1 Å². The van der Waals surface area contributed by atoms with Crippen LogP contribution in [0.3, 0.4) is 0 Å². The van der Waals surface area contributed by atoms with Crippen molar-refractivity contribution in [2.24, 2.45) is 0 Å². The average molecular weight is 282 g/mol. The Hall–Kier alpha value is -2.36. The van der Waals surface area contributed by atoms with Crippen molar-refractivity contribution in [1.29, 1.82) is 0 Å². The zero-order valence-corrected chi connectivity index (χ0v) is 12.3. The number of para-hydroxylation sites is 2. The van der Waals surface area contributed by atoms with Crippen LogP contribution in [0.5, 0.6) is 0 Å². The largest absolute Gasteiger partial charge is 0.441 e. The molecule has 3 rings (SSSR count). The van der Waals surface area contributed by atoms with E-state index < -0.39 is 0 Å². The molecule has 0 spiro atoms. The molecule has 0 fully saturated rings. The first-order valence-electron chi connectivity index (χ1n) is 7.23. The van der Waals surface area contributed by atoms with Gasteiger partial charge in [0.1, 0.15) is 5.52 Å². The zero-order chi connectivity index (χ0) is 14.8. The lowest BCUT2D eigenvalue weighted by molar-refractivity contribution is 0.498. The number of aryl methyl sites for hydroxylation is 2. The molecule has 0 amide bonds. The first-order valence-corrected chi connectivity index (χ1v) is 7.23. The van der Waals surface area contributed by atoms with E-state index in [2.05, 4.69) is 11.9 Å². The average Bonchev–Trinajstić information content (AvgIpc) is 2.90. The Morgan fingerprint density at radius 1 is 1.19 bits per heavy atom. The Bertz CT molecular complexity index is 797. The third kappa shape index (κ3) is 2.61. The molecule has 0 saturated carbocycles. The van der Waals surface area contributed by atoms with Crippen LogP contribution >= 0.6 is 0 Å². The molecular formula is C17H18N2O2. The van der Waals surface area contributed by atoms with Crippen LogP contribution in [-0.4, -0.2) is 9.55 Å². The molecular weight excluding hydrogens is 264 g/mol. The van der Waals surface area contributed by atoms with Crippen LogP contribution in [0, 0.1) is 6.92 Å². The third-order valence-electron chi connectivity index (χ3n) is 3.83. The summed E-state index contributed by atoms with van der Waals surface area (Å²) in [6, 6.07) is 11.2. The summed E-state index contributed by atoms with van der Waals surface area (Å²) in [6.07, 6.45) is 1.54. The molecule has 0 saturated heterocycles. The number of pyridine rings is 1. The second-order valence-corrected chi connectivity index (χ2v) is 5.11. The molecule has 4 nitrogen and oxygen atoms in total. The van der Waals surface area contributed by atoms with Gasteiger partial charge in [-0.2, -0.15) is 0 Å². The van der Waals surface area contributed by atoms with Crippen molar-refractivity contribution in [2.75, 3.05) is 0 Å². The molecule has 3 aromatic rings. The number of oxazole rings is 1. The second kappa shape index (κ2) is 5.56. The molecule has 1 aromatic carbocycles. The van der Waals surface area contributed by atoms with Gasteiger partial charge in [-0.15, -0.1) is 0 Å². The normalized spacial score (nSPS) is 11.1. The van der Waals surface area contributed by atoms with E-state index in [1.807, 2.05) is 37.3 Å². The van der Waals surface area contributed by atoms with Gasteiger partial charge in [-0.3, -0.25) is 4.79 Å². The summed E-state index contributed by atoms with van der Waals surface area (Å²) in [6.45, 7) is 4.68. The Labute approximate surface area is 123 Å². The molecule has 0 aliphatic rings. The van der Waals surface area contributed by atoms with Crippen LogP contribution in [0.15, 0.2) is 45.6 Å². The molecule has 2 aromatic heterocycles. The minimum absolute atomic E-state index is 0.0285. The highest BCUT2D eigenvalue weighted by Gasteiger charge is 2.08. The van der Waals surface area contributed by atoms with E-state index in [0.29, 0.717) is 18.9 Å². The van der Waals surface area contributed by atoms with Crippen molar-refractivity contribution in [1.82, 2.24) is 9.55 Å². The Morgan fingerprint density at radius 3 is 2.76 bits per heavy atom. The highest BCUT2D eigenvalue weighted by molar-refractivity contribution is 5.72. The number of hydrogen-bond donors (Lipinski definition) is 0. The van der Waals surface area contributed by atoms with E-state index in [1.54, 1.807) is 10.6 Å². The fourth-order valence-corrected chi connectivity index (χ4v) is 2.61. The van der Waals surface area contributed by atoms with E-state index >= 15 is 0 Å². The summed E-state index contributed by atoms with van der Waals surface area (Å²) in [5, 5.41) is 0. The van der Waals surface area contributed by atoms with E-state index in [1.165, 1.54) is 5.56 Å². The minimum Gasteiger partial charge on any atom is -0.441 e. The molecule has 4 heteroatoms. The van der Waals surface area contributed by atoms with Crippen LogP contribution in [0.1, 0.15) is 24.1 Å². The lowest BCUT2D eigenvalue weighted by Gasteiger charge is -2.11. The maximum absolute atomic E-state index is 12.0. The number of fused-ring (bicyclic) bond motifs is 1. The third-order valence-corrected chi connectivity index (χ3v) is 3.83. The Balaban J connectivity index is 1.86. The first-order chi connectivity index (χ1) is 10.2. The summed E-state index contributed by atoms with van der Waals surface area (Å²) in [7, 11) is 0. The number of nitrogens with zero attached hydrogens (tertiary/aromatic N) is 2. The maximum atomic E-state index is 12.0. The number of aromatic nitrogens is 2. The lowest BCUT2D eigenvalue weighted by Crippen LogP contribution is -2.23. The lowest BCUT2D eigenvalue weighted by atomic mass is 10.1. The van der Waals surface area contributed by atoms with Crippen LogP contribution in [-0.2, 0) is 19.4 Å². The molecule has 0 bridgehead atoms. The predicted octanol–water partition coefficient (Wildman–Crippen LogP) is 3.10. The van der Waals surface area contributed by atoms with Crippen molar-refractivity contribution >= 4 is 11.1 Å². The molecule has 21 heavy (non-hydrogen) atoms. The van der Waals surface area contributed by atoms with Gasteiger partial charge in [-0.05, 0) is 31.0 Å². The molecule has 2 heterocycles. The van der Waals surface area contributed by atoms with Gasteiger partial charge in [-0.25, -0.2) is 4.98 Å². The molecule has 0 N–H and O–H groups in total. The fourth-order valence-electron chi connectivity index (χ4n) is 2.61. The van der Waals surface area contributed by atoms with Gasteiger partial charge in [0.25, 0.3) is 5.56 Å². The molecule has 0 atom stereocenters. The Morgan fingerprint density at radius 2 is 2.00 bits per heavy atom. The molecule has 0 unspecified atom stereocenters. The van der Waals surface area contributed by atoms with Crippen LogP contribution < -0.4 is 5.56 Å². The quantitative estimate of drug-likeness (QED) is 0.738. The molecule has 108 valence electrons. The van der Waals surface area contributed by atoms with Crippen molar-refractivity contribution in [3.63, 3.8) is 0 Å². The number of hydrogen-bond acceptors (Lipinski definition) is 3. The van der Waals surface area contributed by atoms with Gasteiger partial charge in [0.05, 0.1) is 0 Å². The van der Waals surface area contributed by atoms with Crippen LogP contribution in [0.2, 0.25) is 0 Å². The van der Waals surface area contributed by atoms with Crippen molar-refractivity contribution in [3.8, 4) is 0 Å². The predicted molar refractivity (Wildman–Crippen MR) is 82.5 cm³/mol. The van der Waals surface area contributed by atoms with Crippen molar-refractivity contribution in [2.45, 2.75) is 33.2 Å². The second-order valence-electron chi connectivity index (χ2n) is 5.11. The van der Waals surface area contributed by atoms with Gasteiger partial charge in [0.15, 0.2) is 11.5 Å². The van der Waals surface area contributed by atoms with Gasteiger partial charge in [0, 0.05) is 24.7 Å². The van der Waals surface area contributed by atoms with Gasteiger partial charge >= 0.3 is 0 Å². The summed E-state index contributed by atoms with van der Waals surface area (Å²) >= 11 is 0. The van der Waals surface area contributed by atoms with Crippen LogP contribution in [0.4, 0.5) is 0 Å². The van der Waals surface area contributed by atoms with Crippen LogP contribution in [0.25, 0.3) is 11.1 Å². The highest BCUT2D eigenvalue weighted by Crippen LogP contribution is 2.15. The van der Waals surface area contributed by atoms with E-state index in [0.717, 1.165) is 23.2 Å². The van der Waals surface area contributed by atoms with Gasteiger partial charge in [0.2, 0.25) is 0 Å². The molecule has 0 radical (unpaired) electrons. The smallest absolute Gasteiger partial charge is 0.250 e. The van der Waals surface area contributed by atoms with Crippen molar-refractivity contribution < 1.29 is 4.42 Å². The summed E-state index contributed by atoms with van der Waals surface area (Å²) in [4.78, 5) is 16.5. The maximum Gasteiger partial charge on any atom is 0.250 e. The highest BCUT2D eigenvalue weighted by atomic mass is 16.3. The Kier molecular flexibility index (Phi) is 3.60. The van der Waals surface area contributed by atoms with E-state index in [9.17, 15) is 4.79 Å². The summed E-state index contributed by atoms with van der Waals surface area (Å²) in [5.41, 5.74) is 3.91. The standard InChI is InChI=1S/C17H18N2O2/c1-3-13-8-9-17(20)19(12(13)2)11-10-16-18-14-6-4-5-7-15(14)21-16/h4-9H,3,10-11H2,1-2H3. The zero-order valence-electron chi connectivity index (χ0n) is 12.3. The summed E-state index contributed by atoms with van der Waals surface area (Å²) in [5.74, 6) is 0.671. The SMILES string of the molecule is CCc1ccc(=O)n(CCc2nc3ccccc3o2)c1C. The number of rotatable bonds is 4. The summed E-state index contributed by atoms with van der Waals surface area (Å²) < 4.78 is 7.50. The number of benzene rings is 1.